The van der Waals surface area contributed by atoms with Crippen LogP contribution in [0.4, 0.5) is 0 Å². The van der Waals surface area contributed by atoms with E-state index >= 15 is 0 Å². The van der Waals surface area contributed by atoms with E-state index in [-0.39, 0.29) is 5.91 Å². The van der Waals surface area contributed by atoms with Gasteiger partial charge in [0, 0.05) is 10.6 Å². The molecule has 36 heavy (non-hydrogen) atoms. The number of esters is 1. The molecule has 0 radical (unpaired) electrons. The summed E-state index contributed by atoms with van der Waals surface area (Å²) in [5.41, 5.74) is 6.31. The minimum Gasteiger partial charge on any atom is -0.489 e. The van der Waals surface area contributed by atoms with Crippen molar-refractivity contribution in [2.45, 2.75) is 13.5 Å². The Bertz CT molecular complexity index is 1370. The van der Waals surface area contributed by atoms with Gasteiger partial charge in [-0.3, -0.25) is 4.79 Å². The van der Waals surface area contributed by atoms with Crippen molar-refractivity contribution in [3.63, 3.8) is 0 Å². The maximum atomic E-state index is 12.4. The Morgan fingerprint density at radius 1 is 0.861 bits per heavy atom. The van der Waals surface area contributed by atoms with Crippen molar-refractivity contribution in [2.24, 2.45) is 5.10 Å². The zero-order chi connectivity index (χ0) is 25.3. The molecule has 4 aromatic carbocycles. The van der Waals surface area contributed by atoms with Gasteiger partial charge < -0.3 is 9.47 Å². The lowest BCUT2D eigenvalue weighted by molar-refractivity contribution is 0.0734. The van der Waals surface area contributed by atoms with E-state index in [2.05, 4.69) is 10.5 Å². The highest BCUT2D eigenvalue weighted by atomic mass is 35.5. The maximum absolute atomic E-state index is 12.4. The summed E-state index contributed by atoms with van der Waals surface area (Å²) >= 11 is 5.91. The Morgan fingerprint density at radius 3 is 2.25 bits per heavy atom. The highest BCUT2D eigenvalue weighted by Gasteiger charge is 2.09. The summed E-state index contributed by atoms with van der Waals surface area (Å²) in [6, 6.07) is 28.2. The van der Waals surface area contributed by atoms with Crippen LogP contribution >= 0.6 is 11.6 Å². The number of nitrogens with one attached hydrogen (secondary N) is 1. The van der Waals surface area contributed by atoms with E-state index < -0.39 is 5.97 Å². The van der Waals surface area contributed by atoms with Gasteiger partial charge in [0.15, 0.2) is 0 Å². The zero-order valence-electron chi connectivity index (χ0n) is 19.5. The van der Waals surface area contributed by atoms with Crippen molar-refractivity contribution < 1.29 is 19.1 Å². The molecule has 0 bridgehead atoms. The number of ether oxygens (including phenoxy) is 2. The van der Waals surface area contributed by atoms with E-state index in [1.54, 1.807) is 72.8 Å². The molecule has 0 heterocycles. The molecule has 4 rings (SSSR count). The first kappa shape index (κ1) is 24.7. The van der Waals surface area contributed by atoms with E-state index in [9.17, 15) is 9.59 Å². The van der Waals surface area contributed by atoms with Crippen molar-refractivity contribution in [1.29, 1.82) is 0 Å². The summed E-state index contributed by atoms with van der Waals surface area (Å²) in [5.74, 6) is 0.207. The van der Waals surface area contributed by atoms with Crippen LogP contribution in [-0.4, -0.2) is 18.1 Å². The molecule has 7 heteroatoms. The SMILES string of the molecule is Cc1ccc(COc2ccc(C(=O)N/N=C\c3ccc(OC(=O)c4cccc(Cl)c4)cc3)cc2)cc1. The molecule has 0 saturated carbocycles. The van der Waals surface area contributed by atoms with Gasteiger partial charge in [0.2, 0.25) is 0 Å². The van der Waals surface area contributed by atoms with Gasteiger partial charge in [-0.1, -0.05) is 47.5 Å². The van der Waals surface area contributed by atoms with Crippen LogP contribution in [0, 0.1) is 6.92 Å². The molecule has 4 aromatic rings. The summed E-state index contributed by atoms with van der Waals surface area (Å²) in [6.45, 7) is 2.49. The quantitative estimate of drug-likeness (QED) is 0.135. The predicted molar refractivity (Wildman–Crippen MR) is 140 cm³/mol. The number of hydrogen-bond donors (Lipinski definition) is 1. The highest BCUT2D eigenvalue weighted by molar-refractivity contribution is 6.30. The van der Waals surface area contributed by atoms with Gasteiger partial charge in [-0.15, -0.1) is 0 Å². The maximum Gasteiger partial charge on any atom is 0.343 e. The van der Waals surface area contributed by atoms with Gasteiger partial charge in [0.1, 0.15) is 18.1 Å². The summed E-state index contributed by atoms with van der Waals surface area (Å²) in [4.78, 5) is 24.6. The average molecular weight is 499 g/mol. The molecule has 1 amide bonds. The van der Waals surface area contributed by atoms with E-state index in [0.29, 0.717) is 34.3 Å². The van der Waals surface area contributed by atoms with E-state index in [0.717, 1.165) is 11.1 Å². The third-order valence-electron chi connectivity index (χ3n) is 5.17. The fourth-order valence-electron chi connectivity index (χ4n) is 3.19. The fourth-order valence-corrected chi connectivity index (χ4v) is 3.38. The minimum absolute atomic E-state index is 0.344. The average Bonchev–Trinajstić information content (AvgIpc) is 2.89. The molecule has 0 aromatic heterocycles. The van der Waals surface area contributed by atoms with Crippen LogP contribution in [0.3, 0.4) is 0 Å². The van der Waals surface area contributed by atoms with Crippen molar-refractivity contribution in [2.75, 3.05) is 0 Å². The standard InChI is InChI=1S/C29H23ClN2O4/c1-20-5-7-22(8-6-20)19-35-26-15-11-23(12-16-26)28(33)32-31-18-21-9-13-27(14-10-21)36-29(34)24-3-2-4-25(30)17-24/h2-18H,19H2,1H3,(H,32,33)/b31-18-. The zero-order valence-corrected chi connectivity index (χ0v) is 20.2. The Kier molecular flexibility index (Phi) is 8.11. The molecule has 180 valence electrons. The topological polar surface area (TPSA) is 77.0 Å². The molecule has 6 nitrogen and oxygen atoms in total. The Hall–Kier alpha value is -4.42. The number of carbonyl (C=O) groups excluding carboxylic acids is 2. The number of amides is 1. The van der Waals surface area contributed by atoms with Crippen LogP contribution in [0.15, 0.2) is 102 Å². The summed E-state index contributed by atoms with van der Waals surface area (Å²) < 4.78 is 11.1. The van der Waals surface area contributed by atoms with Gasteiger partial charge in [-0.25, -0.2) is 10.2 Å². The predicted octanol–water partition coefficient (Wildman–Crippen LogP) is 6.21. The van der Waals surface area contributed by atoms with Crippen LogP contribution in [0.2, 0.25) is 5.02 Å². The summed E-state index contributed by atoms with van der Waals surface area (Å²) in [7, 11) is 0. The van der Waals surface area contributed by atoms with Gasteiger partial charge >= 0.3 is 5.97 Å². The number of hydrogen-bond acceptors (Lipinski definition) is 5. The largest absolute Gasteiger partial charge is 0.489 e. The first-order valence-electron chi connectivity index (χ1n) is 11.2. The Balaban J connectivity index is 1.25. The van der Waals surface area contributed by atoms with Gasteiger partial charge in [-0.2, -0.15) is 5.10 Å². The van der Waals surface area contributed by atoms with Crippen molar-refractivity contribution in [3.05, 3.63) is 130 Å². The fraction of sp³-hybridized carbons (Fsp3) is 0.0690. The number of aryl methyl sites for hydroxylation is 1. The normalized spacial score (nSPS) is 10.7. The minimum atomic E-state index is -0.502. The molecule has 0 fully saturated rings. The second kappa shape index (κ2) is 11.8. The molecule has 0 spiro atoms. The lowest BCUT2D eigenvalue weighted by Gasteiger charge is -2.07. The van der Waals surface area contributed by atoms with Gasteiger partial charge in [0.25, 0.3) is 5.91 Å². The lowest BCUT2D eigenvalue weighted by atomic mass is 10.2. The van der Waals surface area contributed by atoms with Crippen molar-refractivity contribution in [1.82, 2.24) is 5.43 Å². The Labute approximate surface area is 214 Å². The first-order chi connectivity index (χ1) is 17.5. The molecular weight excluding hydrogens is 476 g/mol. The monoisotopic (exact) mass is 498 g/mol. The number of benzene rings is 4. The summed E-state index contributed by atoms with van der Waals surface area (Å²) in [6.07, 6.45) is 1.50. The van der Waals surface area contributed by atoms with Crippen LogP contribution < -0.4 is 14.9 Å². The second-order valence-corrected chi connectivity index (χ2v) is 8.40. The molecule has 0 aliphatic rings. The van der Waals surface area contributed by atoms with Gasteiger partial charge in [0.05, 0.1) is 11.8 Å². The number of carbonyl (C=O) groups is 2. The number of hydrazone groups is 1. The molecule has 0 aliphatic heterocycles. The lowest BCUT2D eigenvalue weighted by Crippen LogP contribution is -2.17. The first-order valence-corrected chi connectivity index (χ1v) is 11.5. The number of nitrogens with zero attached hydrogens (tertiary/aromatic N) is 1. The third-order valence-corrected chi connectivity index (χ3v) is 5.41. The summed E-state index contributed by atoms with van der Waals surface area (Å²) in [5, 5.41) is 4.45. The number of halogens is 1. The molecule has 0 aliphatic carbocycles. The Morgan fingerprint density at radius 2 is 1.56 bits per heavy atom. The second-order valence-electron chi connectivity index (χ2n) is 7.97. The molecular formula is C29H23ClN2O4. The molecule has 1 N–H and O–H groups in total. The van der Waals surface area contributed by atoms with Crippen LogP contribution in [-0.2, 0) is 6.61 Å². The van der Waals surface area contributed by atoms with Crippen molar-refractivity contribution in [3.8, 4) is 11.5 Å². The van der Waals surface area contributed by atoms with E-state index in [1.165, 1.54) is 11.8 Å². The van der Waals surface area contributed by atoms with Crippen LogP contribution in [0.1, 0.15) is 37.4 Å². The smallest absolute Gasteiger partial charge is 0.343 e. The molecule has 0 saturated heterocycles. The van der Waals surface area contributed by atoms with E-state index in [1.807, 2.05) is 31.2 Å². The third kappa shape index (κ3) is 7.04. The highest BCUT2D eigenvalue weighted by Crippen LogP contribution is 2.17. The number of rotatable bonds is 8. The van der Waals surface area contributed by atoms with E-state index in [4.69, 9.17) is 21.1 Å². The van der Waals surface area contributed by atoms with Crippen LogP contribution in [0.25, 0.3) is 0 Å². The van der Waals surface area contributed by atoms with Gasteiger partial charge in [-0.05, 0) is 84.8 Å². The van der Waals surface area contributed by atoms with Crippen LogP contribution in [0.5, 0.6) is 11.5 Å². The molecule has 0 unspecified atom stereocenters. The molecule has 0 atom stereocenters. The van der Waals surface area contributed by atoms with Crippen molar-refractivity contribution >= 4 is 29.7 Å².